The zero-order valence-electron chi connectivity index (χ0n) is 11.8. The SMILES string of the molecule is C[C@H](CS(=O)(=O)c1ccc(Br)cc1)C(=O)N1CC[C@H](N)C1. The van der Waals surface area contributed by atoms with Crippen LogP contribution < -0.4 is 5.73 Å². The van der Waals surface area contributed by atoms with Gasteiger partial charge in [0.1, 0.15) is 0 Å². The van der Waals surface area contributed by atoms with Crippen LogP contribution in [0.5, 0.6) is 0 Å². The monoisotopic (exact) mass is 374 g/mol. The molecule has 7 heteroatoms. The number of carbonyl (C=O) groups excluding carboxylic acids is 1. The Bertz CT molecular complexity index is 616. The van der Waals surface area contributed by atoms with Crippen LogP contribution in [0.2, 0.25) is 0 Å². The normalized spacial score (nSPS) is 20.5. The average Bonchev–Trinajstić information content (AvgIpc) is 2.84. The molecule has 1 aliphatic rings. The van der Waals surface area contributed by atoms with Gasteiger partial charge in [-0.05, 0) is 30.7 Å². The van der Waals surface area contributed by atoms with Crippen LogP contribution in [0, 0.1) is 5.92 Å². The van der Waals surface area contributed by atoms with E-state index in [9.17, 15) is 13.2 Å². The molecule has 2 atom stereocenters. The van der Waals surface area contributed by atoms with E-state index in [2.05, 4.69) is 15.9 Å². The van der Waals surface area contributed by atoms with Gasteiger partial charge in [0.2, 0.25) is 5.91 Å². The third-order valence-corrected chi connectivity index (χ3v) is 6.06. The highest BCUT2D eigenvalue weighted by Gasteiger charge is 2.30. The number of nitrogens with two attached hydrogens (primary N) is 1. The van der Waals surface area contributed by atoms with Gasteiger partial charge in [-0.2, -0.15) is 0 Å². The maximum atomic E-state index is 12.3. The first-order chi connectivity index (χ1) is 9.79. The Morgan fingerprint density at radius 2 is 2.05 bits per heavy atom. The minimum absolute atomic E-state index is 0.00392. The second-order valence-electron chi connectivity index (χ2n) is 5.47. The summed E-state index contributed by atoms with van der Waals surface area (Å²) in [4.78, 5) is 14.2. The van der Waals surface area contributed by atoms with Gasteiger partial charge in [-0.1, -0.05) is 22.9 Å². The molecule has 2 N–H and O–H groups in total. The molecular formula is C14H19BrN2O3S. The molecule has 1 saturated heterocycles. The summed E-state index contributed by atoms with van der Waals surface area (Å²) < 4.78 is 25.5. The standard InChI is InChI=1S/C14H19BrN2O3S/c1-10(14(18)17-7-6-12(16)8-17)9-21(19,20)13-4-2-11(15)3-5-13/h2-5,10,12H,6-9,16H2,1H3/t10-,12+/m1/s1. The highest BCUT2D eigenvalue weighted by molar-refractivity contribution is 9.10. The zero-order valence-corrected chi connectivity index (χ0v) is 14.2. The molecule has 0 unspecified atom stereocenters. The fraction of sp³-hybridized carbons (Fsp3) is 0.500. The first kappa shape index (κ1) is 16.5. The number of hydrogen-bond acceptors (Lipinski definition) is 4. The number of nitrogens with zero attached hydrogens (tertiary/aromatic N) is 1. The van der Waals surface area contributed by atoms with Crippen molar-refractivity contribution in [2.45, 2.75) is 24.3 Å². The van der Waals surface area contributed by atoms with Crippen LogP contribution in [0.1, 0.15) is 13.3 Å². The molecule has 1 aromatic carbocycles. The highest BCUT2D eigenvalue weighted by Crippen LogP contribution is 2.19. The molecule has 0 radical (unpaired) electrons. The predicted molar refractivity (Wildman–Crippen MR) is 84.5 cm³/mol. The van der Waals surface area contributed by atoms with Gasteiger partial charge in [0.25, 0.3) is 0 Å². The third-order valence-electron chi connectivity index (χ3n) is 3.60. The fourth-order valence-electron chi connectivity index (χ4n) is 2.44. The van der Waals surface area contributed by atoms with Crippen molar-refractivity contribution in [3.63, 3.8) is 0 Å². The summed E-state index contributed by atoms with van der Waals surface area (Å²) in [5, 5.41) is 0. The largest absolute Gasteiger partial charge is 0.341 e. The second kappa shape index (κ2) is 6.46. The van der Waals surface area contributed by atoms with Gasteiger partial charge in [0.15, 0.2) is 9.84 Å². The van der Waals surface area contributed by atoms with Crippen molar-refractivity contribution >= 4 is 31.7 Å². The van der Waals surface area contributed by atoms with Crippen molar-refractivity contribution in [2.24, 2.45) is 11.7 Å². The number of likely N-dealkylation sites (tertiary alicyclic amines) is 1. The van der Waals surface area contributed by atoms with Crippen LogP contribution in [0.25, 0.3) is 0 Å². The Kier molecular flexibility index (Phi) is 5.06. The molecule has 1 aliphatic heterocycles. The molecule has 0 spiro atoms. The topological polar surface area (TPSA) is 80.5 Å². The van der Waals surface area contributed by atoms with Gasteiger partial charge in [0.05, 0.1) is 10.6 Å². The Morgan fingerprint density at radius 1 is 1.43 bits per heavy atom. The van der Waals surface area contributed by atoms with Gasteiger partial charge in [-0.3, -0.25) is 4.79 Å². The van der Waals surface area contributed by atoms with Crippen LogP contribution in [0.4, 0.5) is 0 Å². The van der Waals surface area contributed by atoms with E-state index in [0.29, 0.717) is 13.1 Å². The molecule has 0 aliphatic carbocycles. The Balaban J connectivity index is 2.05. The second-order valence-corrected chi connectivity index (χ2v) is 8.42. The number of hydrogen-bond donors (Lipinski definition) is 1. The third kappa shape index (κ3) is 4.05. The summed E-state index contributed by atoms with van der Waals surface area (Å²) in [6.45, 7) is 2.78. The number of sulfone groups is 1. The molecule has 1 amide bonds. The van der Waals surface area contributed by atoms with Gasteiger partial charge >= 0.3 is 0 Å². The summed E-state index contributed by atoms with van der Waals surface area (Å²) in [5.74, 6) is -0.883. The molecular weight excluding hydrogens is 356 g/mol. The van der Waals surface area contributed by atoms with E-state index in [1.165, 1.54) is 0 Å². The maximum Gasteiger partial charge on any atom is 0.226 e. The smallest absolute Gasteiger partial charge is 0.226 e. The van der Waals surface area contributed by atoms with E-state index in [-0.39, 0.29) is 22.6 Å². The van der Waals surface area contributed by atoms with E-state index < -0.39 is 15.8 Å². The van der Waals surface area contributed by atoms with E-state index in [0.717, 1.165) is 10.9 Å². The average molecular weight is 375 g/mol. The van der Waals surface area contributed by atoms with Crippen LogP contribution in [-0.4, -0.2) is 44.1 Å². The number of rotatable bonds is 4. The highest BCUT2D eigenvalue weighted by atomic mass is 79.9. The van der Waals surface area contributed by atoms with Gasteiger partial charge < -0.3 is 10.6 Å². The van der Waals surface area contributed by atoms with Gasteiger partial charge in [0, 0.05) is 29.5 Å². The van der Waals surface area contributed by atoms with E-state index in [4.69, 9.17) is 5.73 Å². The lowest BCUT2D eigenvalue weighted by Gasteiger charge is -2.20. The molecule has 2 rings (SSSR count). The van der Waals surface area contributed by atoms with Crippen molar-refractivity contribution in [2.75, 3.05) is 18.8 Å². The predicted octanol–water partition coefficient (Wildman–Crippen LogP) is 1.42. The summed E-state index contributed by atoms with van der Waals surface area (Å²) >= 11 is 3.27. The van der Waals surface area contributed by atoms with E-state index in [1.54, 1.807) is 36.1 Å². The van der Waals surface area contributed by atoms with Crippen molar-refractivity contribution in [1.29, 1.82) is 0 Å². The Labute approximate surface area is 133 Å². The molecule has 1 heterocycles. The van der Waals surface area contributed by atoms with Crippen molar-refractivity contribution in [3.05, 3.63) is 28.7 Å². The minimum atomic E-state index is -3.46. The molecule has 21 heavy (non-hydrogen) atoms. The lowest BCUT2D eigenvalue weighted by Crippen LogP contribution is -2.37. The lowest BCUT2D eigenvalue weighted by molar-refractivity contribution is -0.133. The molecule has 0 bridgehead atoms. The summed E-state index contributed by atoms with van der Waals surface area (Å²) in [7, 11) is -3.46. The van der Waals surface area contributed by atoms with Crippen molar-refractivity contribution in [1.82, 2.24) is 4.90 Å². The maximum absolute atomic E-state index is 12.3. The molecule has 0 aromatic heterocycles. The first-order valence-electron chi connectivity index (χ1n) is 6.82. The Morgan fingerprint density at radius 3 is 2.57 bits per heavy atom. The van der Waals surface area contributed by atoms with E-state index >= 15 is 0 Å². The first-order valence-corrected chi connectivity index (χ1v) is 9.27. The number of carbonyl (C=O) groups is 1. The quantitative estimate of drug-likeness (QED) is 0.863. The molecule has 0 saturated carbocycles. The lowest BCUT2D eigenvalue weighted by atomic mass is 10.2. The molecule has 116 valence electrons. The number of benzene rings is 1. The van der Waals surface area contributed by atoms with Crippen LogP contribution in [0.15, 0.2) is 33.6 Å². The van der Waals surface area contributed by atoms with Crippen LogP contribution in [0.3, 0.4) is 0 Å². The van der Waals surface area contributed by atoms with Crippen molar-refractivity contribution in [3.8, 4) is 0 Å². The molecule has 1 fully saturated rings. The van der Waals surface area contributed by atoms with Crippen LogP contribution in [-0.2, 0) is 14.6 Å². The Hall–Kier alpha value is -0.920. The summed E-state index contributed by atoms with van der Waals surface area (Å²) in [6, 6.07) is 6.45. The van der Waals surface area contributed by atoms with Crippen molar-refractivity contribution < 1.29 is 13.2 Å². The number of amides is 1. The zero-order chi connectivity index (χ0) is 15.6. The number of halogens is 1. The summed E-state index contributed by atoms with van der Waals surface area (Å²) in [6.07, 6.45) is 0.776. The fourth-order valence-corrected chi connectivity index (χ4v) is 4.25. The van der Waals surface area contributed by atoms with Crippen LogP contribution >= 0.6 is 15.9 Å². The summed E-state index contributed by atoms with van der Waals surface area (Å²) in [5.41, 5.74) is 5.78. The molecule has 1 aromatic rings. The van der Waals surface area contributed by atoms with E-state index in [1.807, 2.05) is 0 Å². The molecule has 5 nitrogen and oxygen atoms in total. The minimum Gasteiger partial charge on any atom is -0.341 e. The van der Waals surface area contributed by atoms with Gasteiger partial charge in [-0.25, -0.2) is 8.42 Å². The van der Waals surface area contributed by atoms with Gasteiger partial charge in [-0.15, -0.1) is 0 Å².